The van der Waals surface area contributed by atoms with Crippen molar-refractivity contribution in [3.63, 3.8) is 0 Å². The van der Waals surface area contributed by atoms with E-state index < -0.39 is 15.7 Å². The van der Waals surface area contributed by atoms with Crippen LogP contribution in [0.25, 0.3) is 0 Å². The number of sulfone groups is 1. The molecule has 2 rings (SSSR count). The Kier molecular flexibility index (Phi) is 3.54. The van der Waals surface area contributed by atoms with Gasteiger partial charge in [-0.1, -0.05) is 0 Å². The summed E-state index contributed by atoms with van der Waals surface area (Å²) in [4.78, 5) is 5.70. The Morgan fingerprint density at radius 1 is 1.61 bits per heavy atom. The summed E-state index contributed by atoms with van der Waals surface area (Å²) in [5.74, 6) is -0.196. The second kappa shape index (κ2) is 4.81. The van der Waals surface area contributed by atoms with E-state index in [4.69, 9.17) is 5.73 Å². The van der Waals surface area contributed by atoms with Gasteiger partial charge in [0.2, 0.25) is 0 Å². The Balaban J connectivity index is 2.33. The smallest absolute Gasteiger partial charge is 0.170 e. The molecule has 0 spiro atoms. The second-order valence-corrected chi connectivity index (χ2v) is 6.70. The van der Waals surface area contributed by atoms with E-state index in [1.165, 1.54) is 12.3 Å². The van der Waals surface area contributed by atoms with Gasteiger partial charge in [0.05, 0.1) is 11.5 Å². The van der Waals surface area contributed by atoms with E-state index in [2.05, 4.69) is 4.98 Å². The van der Waals surface area contributed by atoms with Gasteiger partial charge in [-0.3, -0.25) is 0 Å². The molecule has 1 fully saturated rings. The molecule has 0 aliphatic carbocycles. The molecule has 7 heteroatoms. The van der Waals surface area contributed by atoms with E-state index in [1.807, 2.05) is 0 Å². The molecule has 18 heavy (non-hydrogen) atoms. The molecule has 0 bridgehead atoms. The van der Waals surface area contributed by atoms with Gasteiger partial charge in [0.25, 0.3) is 0 Å². The summed E-state index contributed by atoms with van der Waals surface area (Å²) in [6.45, 7) is 2.12. The normalized spacial score (nSPS) is 23.1. The van der Waals surface area contributed by atoms with E-state index in [-0.39, 0.29) is 36.5 Å². The molecular formula is C11H16FN3O2S. The number of hydrogen-bond acceptors (Lipinski definition) is 5. The number of rotatable bonds is 2. The number of hydrogen-bond donors (Lipinski definition) is 1. The largest absolute Gasteiger partial charge is 0.349 e. The van der Waals surface area contributed by atoms with E-state index in [1.54, 1.807) is 11.8 Å². The van der Waals surface area contributed by atoms with Crippen LogP contribution in [0.1, 0.15) is 12.5 Å². The van der Waals surface area contributed by atoms with Crippen molar-refractivity contribution < 1.29 is 12.8 Å². The topological polar surface area (TPSA) is 76.3 Å². The predicted molar refractivity (Wildman–Crippen MR) is 67.5 cm³/mol. The first-order valence-electron chi connectivity index (χ1n) is 5.75. The summed E-state index contributed by atoms with van der Waals surface area (Å²) in [7, 11) is -3.02. The lowest BCUT2D eigenvalue weighted by Crippen LogP contribution is -2.47. The fourth-order valence-corrected chi connectivity index (χ4v) is 3.70. The van der Waals surface area contributed by atoms with E-state index in [9.17, 15) is 12.8 Å². The lowest BCUT2D eigenvalue weighted by atomic mass is 10.2. The monoisotopic (exact) mass is 273 g/mol. The molecule has 2 heterocycles. The highest BCUT2D eigenvalue weighted by atomic mass is 32.2. The first kappa shape index (κ1) is 13.2. The summed E-state index contributed by atoms with van der Waals surface area (Å²) in [5, 5.41) is 0. The summed E-state index contributed by atoms with van der Waals surface area (Å²) >= 11 is 0. The molecular weight excluding hydrogens is 257 g/mol. The van der Waals surface area contributed by atoms with Crippen LogP contribution < -0.4 is 10.6 Å². The molecule has 0 radical (unpaired) electrons. The molecule has 1 saturated heterocycles. The number of pyridine rings is 1. The molecule has 1 aliphatic rings. The third kappa shape index (κ3) is 2.46. The van der Waals surface area contributed by atoms with Gasteiger partial charge in [-0.2, -0.15) is 0 Å². The van der Waals surface area contributed by atoms with Crippen molar-refractivity contribution in [3.05, 3.63) is 23.6 Å². The van der Waals surface area contributed by atoms with Gasteiger partial charge in [-0.05, 0) is 13.0 Å². The van der Waals surface area contributed by atoms with Crippen molar-refractivity contribution in [1.29, 1.82) is 0 Å². The predicted octanol–water partition coefficient (Wildman–Crippen LogP) is 0.303. The fraction of sp³-hybridized carbons (Fsp3) is 0.545. The zero-order valence-electron chi connectivity index (χ0n) is 10.1. The molecule has 0 amide bonds. The van der Waals surface area contributed by atoms with Crippen molar-refractivity contribution in [2.45, 2.75) is 19.5 Å². The molecule has 1 aliphatic heterocycles. The van der Waals surface area contributed by atoms with Crippen LogP contribution in [-0.4, -0.2) is 37.5 Å². The first-order valence-corrected chi connectivity index (χ1v) is 7.57. The fourth-order valence-electron chi connectivity index (χ4n) is 2.14. The van der Waals surface area contributed by atoms with Gasteiger partial charge in [0.1, 0.15) is 0 Å². The Hall–Kier alpha value is -1.21. The standard InChI is InChI=1S/C11H16FN3O2S/c1-8-7-18(16,17)5-4-15(8)11-10(12)9(6-13)2-3-14-11/h2-3,8H,4-7,13H2,1H3. The molecule has 1 aromatic rings. The number of anilines is 1. The van der Waals surface area contributed by atoms with Crippen molar-refractivity contribution in [1.82, 2.24) is 4.98 Å². The van der Waals surface area contributed by atoms with Gasteiger partial charge in [-0.15, -0.1) is 0 Å². The first-order chi connectivity index (χ1) is 8.44. The number of nitrogens with two attached hydrogens (primary N) is 1. The molecule has 5 nitrogen and oxygen atoms in total. The maximum atomic E-state index is 14.1. The maximum absolute atomic E-state index is 14.1. The minimum absolute atomic E-state index is 0.0287. The van der Waals surface area contributed by atoms with E-state index in [0.717, 1.165) is 0 Å². The number of nitrogens with zero attached hydrogens (tertiary/aromatic N) is 2. The van der Waals surface area contributed by atoms with Gasteiger partial charge < -0.3 is 10.6 Å². The van der Waals surface area contributed by atoms with Gasteiger partial charge in [-0.25, -0.2) is 17.8 Å². The summed E-state index contributed by atoms with van der Waals surface area (Å²) < 4.78 is 37.1. The Morgan fingerprint density at radius 3 is 2.94 bits per heavy atom. The third-order valence-corrected chi connectivity index (χ3v) is 4.91. The zero-order valence-corrected chi connectivity index (χ0v) is 11.0. The minimum atomic E-state index is -3.02. The number of halogens is 1. The van der Waals surface area contributed by atoms with Crippen molar-refractivity contribution in [2.75, 3.05) is 23.0 Å². The van der Waals surface area contributed by atoms with Gasteiger partial charge >= 0.3 is 0 Å². The van der Waals surface area contributed by atoms with Crippen LogP contribution in [-0.2, 0) is 16.4 Å². The lowest BCUT2D eigenvalue weighted by Gasteiger charge is -2.34. The average molecular weight is 273 g/mol. The molecule has 0 aromatic carbocycles. The molecule has 1 aromatic heterocycles. The Bertz CT molecular complexity index is 547. The van der Waals surface area contributed by atoms with Crippen LogP contribution in [0.2, 0.25) is 0 Å². The van der Waals surface area contributed by atoms with Crippen LogP contribution in [0.3, 0.4) is 0 Å². The van der Waals surface area contributed by atoms with Crippen molar-refractivity contribution >= 4 is 15.7 Å². The van der Waals surface area contributed by atoms with Crippen LogP contribution in [0.4, 0.5) is 10.2 Å². The Morgan fingerprint density at radius 2 is 2.33 bits per heavy atom. The maximum Gasteiger partial charge on any atom is 0.170 e. The van der Waals surface area contributed by atoms with Gasteiger partial charge in [0.15, 0.2) is 21.5 Å². The van der Waals surface area contributed by atoms with E-state index in [0.29, 0.717) is 5.56 Å². The van der Waals surface area contributed by atoms with Crippen LogP contribution in [0.15, 0.2) is 12.3 Å². The quantitative estimate of drug-likeness (QED) is 0.839. The minimum Gasteiger partial charge on any atom is -0.349 e. The molecule has 1 atom stereocenters. The van der Waals surface area contributed by atoms with Crippen molar-refractivity contribution in [3.8, 4) is 0 Å². The molecule has 0 saturated carbocycles. The highest BCUT2D eigenvalue weighted by Crippen LogP contribution is 2.24. The third-order valence-electron chi connectivity index (χ3n) is 3.11. The highest BCUT2D eigenvalue weighted by molar-refractivity contribution is 7.91. The zero-order chi connectivity index (χ0) is 13.3. The van der Waals surface area contributed by atoms with Gasteiger partial charge in [0, 0.05) is 30.9 Å². The van der Waals surface area contributed by atoms with Crippen LogP contribution in [0.5, 0.6) is 0 Å². The summed E-state index contributed by atoms with van der Waals surface area (Å²) in [5.41, 5.74) is 5.83. The molecule has 1 unspecified atom stereocenters. The SMILES string of the molecule is CC1CS(=O)(=O)CCN1c1nccc(CN)c1F. The Labute approximate surface area is 106 Å². The molecule has 2 N–H and O–H groups in total. The summed E-state index contributed by atoms with van der Waals surface area (Å²) in [6, 6.07) is 1.25. The molecule has 100 valence electrons. The van der Waals surface area contributed by atoms with E-state index >= 15 is 0 Å². The summed E-state index contributed by atoms with van der Waals surface area (Å²) in [6.07, 6.45) is 1.50. The highest BCUT2D eigenvalue weighted by Gasteiger charge is 2.30. The number of aromatic nitrogens is 1. The lowest BCUT2D eigenvalue weighted by molar-refractivity contribution is 0.551. The van der Waals surface area contributed by atoms with Crippen LogP contribution in [0, 0.1) is 5.82 Å². The van der Waals surface area contributed by atoms with Crippen molar-refractivity contribution in [2.24, 2.45) is 5.73 Å². The average Bonchev–Trinajstić information content (AvgIpc) is 2.29. The van der Waals surface area contributed by atoms with Crippen LogP contribution >= 0.6 is 0 Å². The second-order valence-electron chi connectivity index (χ2n) is 4.47.